The fourth-order valence-electron chi connectivity index (χ4n) is 3.30. The molecule has 0 aliphatic carbocycles. The molecule has 0 bridgehead atoms. The molecule has 1 heterocycles. The summed E-state index contributed by atoms with van der Waals surface area (Å²) in [6.45, 7) is 0. The number of methoxy groups -OCH3 is 1. The van der Waals surface area contributed by atoms with Gasteiger partial charge in [-0.3, -0.25) is 4.79 Å². The van der Waals surface area contributed by atoms with Gasteiger partial charge in [0.2, 0.25) is 5.91 Å². The van der Waals surface area contributed by atoms with Gasteiger partial charge in [0.05, 0.1) is 13.2 Å². The number of aromatic nitrogens is 1. The third-order valence-corrected chi connectivity index (χ3v) is 4.85. The molecule has 0 spiro atoms. The van der Waals surface area contributed by atoms with Gasteiger partial charge >= 0.3 is 5.97 Å². The summed E-state index contributed by atoms with van der Waals surface area (Å²) in [6.07, 6.45) is 2.75. The molecule has 0 unspecified atom stereocenters. The largest absolute Gasteiger partial charge is 0.467 e. The number of benzene rings is 2. The highest BCUT2D eigenvalue weighted by atomic mass is 16.5. The van der Waals surface area contributed by atoms with Gasteiger partial charge in [-0.05, 0) is 30.7 Å². The number of carbonyl (C=O) groups excluding carboxylic acids is 2. The third-order valence-electron chi connectivity index (χ3n) is 4.85. The first-order valence-corrected chi connectivity index (χ1v) is 9.26. The summed E-state index contributed by atoms with van der Waals surface area (Å²) in [7, 11) is 3.07. The van der Waals surface area contributed by atoms with Gasteiger partial charge in [-0.15, -0.1) is 0 Å². The summed E-state index contributed by atoms with van der Waals surface area (Å²) in [5, 5.41) is 6.91. The number of hydrogen-bond donors (Lipinski definition) is 3. The van der Waals surface area contributed by atoms with Crippen LogP contribution in [-0.2, 0) is 27.2 Å². The summed E-state index contributed by atoms with van der Waals surface area (Å²) in [6, 6.07) is 16.4. The fourth-order valence-corrected chi connectivity index (χ4v) is 3.30. The molecule has 6 heteroatoms. The molecule has 1 amide bonds. The Morgan fingerprint density at radius 2 is 1.71 bits per heavy atom. The van der Waals surface area contributed by atoms with Crippen LogP contribution >= 0.6 is 0 Å². The molecule has 0 aliphatic heterocycles. The third kappa shape index (κ3) is 4.58. The van der Waals surface area contributed by atoms with E-state index in [1.807, 2.05) is 60.8 Å². The zero-order chi connectivity index (χ0) is 19.9. The Labute approximate surface area is 164 Å². The molecule has 3 rings (SSSR count). The molecule has 3 aromatic rings. The molecule has 3 N–H and O–H groups in total. The first kappa shape index (κ1) is 19.6. The van der Waals surface area contributed by atoms with Gasteiger partial charge in [0, 0.05) is 23.5 Å². The van der Waals surface area contributed by atoms with Crippen LogP contribution in [0.2, 0.25) is 0 Å². The Morgan fingerprint density at radius 3 is 2.43 bits per heavy atom. The zero-order valence-corrected chi connectivity index (χ0v) is 16.1. The Bertz CT molecular complexity index is 936. The van der Waals surface area contributed by atoms with Crippen molar-refractivity contribution in [2.75, 3.05) is 14.2 Å². The van der Waals surface area contributed by atoms with Gasteiger partial charge in [0.1, 0.15) is 6.04 Å². The molecule has 6 nitrogen and oxygen atoms in total. The van der Waals surface area contributed by atoms with Crippen molar-refractivity contribution in [3.05, 3.63) is 71.9 Å². The van der Waals surface area contributed by atoms with E-state index in [0.29, 0.717) is 12.8 Å². The van der Waals surface area contributed by atoms with Gasteiger partial charge in [-0.25, -0.2) is 4.79 Å². The lowest BCUT2D eigenvalue weighted by Gasteiger charge is -2.21. The number of carbonyl (C=O) groups is 2. The number of amides is 1. The van der Waals surface area contributed by atoms with Gasteiger partial charge in [0.15, 0.2) is 0 Å². The van der Waals surface area contributed by atoms with Crippen LogP contribution < -0.4 is 10.6 Å². The molecule has 146 valence electrons. The average Bonchev–Trinajstić information content (AvgIpc) is 3.14. The van der Waals surface area contributed by atoms with Crippen molar-refractivity contribution < 1.29 is 14.3 Å². The molecular weight excluding hydrogens is 354 g/mol. The predicted octanol–water partition coefficient (Wildman–Crippen LogP) is 2.20. The molecule has 0 saturated carbocycles. The van der Waals surface area contributed by atoms with Crippen LogP contribution in [0.3, 0.4) is 0 Å². The fraction of sp³-hybridized carbons (Fsp3) is 0.273. The average molecular weight is 379 g/mol. The van der Waals surface area contributed by atoms with Crippen LogP contribution in [-0.4, -0.2) is 43.1 Å². The van der Waals surface area contributed by atoms with E-state index in [2.05, 4.69) is 15.6 Å². The van der Waals surface area contributed by atoms with Crippen LogP contribution in [0.1, 0.15) is 11.1 Å². The van der Waals surface area contributed by atoms with E-state index < -0.39 is 18.1 Å². The van der Waals surface area contributed by atoms with Gasteiger partial charge in [0.25, 0.3) is 0 Å². The number of fused-ring (bicyclic) bond motifs is 1. The maximum Gasteiger partial charge on any atom is 0.328 e. The molecule has 2 aromatic carbocycles. The van der Waals surface area contributed by atoms with Crippen LogP contribution in [0.15, 0.2) is 60.8 Å². The highest BCUT2D eigenvalue weighted by Gasteiger charge is 2.26. The molecule has 0 saturated heterocycles. The number of para-hydroxylation sites is 1. The SMILES string of the molecule is CN[C@H](Cc1ccccc1)C(=O)N[C@@H](Cc1c[nH]c2ccccc12)C(=O)OC. The number of hydrogen-bond acceptors (Lipinski definition) is 4. The smallest absolute Gasteiger partial charge is 0.328 e. The monoisotopic (exact) mass is 379 g/mol. The number of H-pyrrole nitrogens is 1. The second kappa shape index (κ2) is 9.19. The van der Waals surface area contributed by atoms with Crippen molar-refractivity contribution in [1.82, 2.24) is 15.6 Å². The summed E-state index contributed by atoms with van der Waals surface area (Å²) in [4.78, 5) is 28.3. The minimum Gasteiger partial charge on any atom is -0.467 e. The minimum atomic E-state index is -0.761. The number of rotatable bonds is 8. The quantitative estimate of drug-likeness (QED) is 0.524. The van der Waals surface area contributed by atoms with E-state index in [0.717, 1.165) is 22.0 Å². The van der Waals surface area contributed by atoms with Crippen LogP contribution in [0, 0.1) is 0 Å². The van der Waals surface area contributed by atoms with E-state index in [4.69, 9.17) is 4.74 Å². The Hall–Kier alpha value is -3.12. The minimum absolute atomic E-state index is 0.235. The summed E-state index contributed by atoms with van der Waals surface area (Å²) in [5.74, 6) is -0.699. The van der Waals surface area contributed by atoms with Crippen molar-refractivity contribution in [1.29, 1.82) is 0 Å². The van der Waals surface area contributed by atoms with Crippen molar-refractivity contribution >= 4 is 22.8 Å². The second-order valence-corrected chi connectivity index (χ2v) is 6.68. The van der Waals surface area contributed by atoms with Crippen LogP contribution in [0.25, 0.3) is 10.9 Å². The van der Waals surface area contributed by atoms with Gasteiger partial charge in [-0.1, -0.05) is 48.5 Å². The molecule has 1 aromatic heterocycles. The molecule has 0 fully saturated rings. The predicted molar refractivity (Wildman–Crippen MR) is 109 cm³/mol. The lowest BCUT2D eigenvalue weighted by molar-refractivity contribution is -0.145. The Kier molecular flexibility index (Phi) is 6.45. The second-order valence-electron chi connectivity index (χ2n) is 6.68. The lowest BCUT2D eigenvalue weighted by Crippen LogP contribution is -2.51. The van der Waals surface area contributed by atoms with Crippen LogP contribution in [0.5, 0.6) is 0 Å². The molecule has 0 aliphatic rings. The lowest BCUT2D eigenvalue weighted by atomic mass is 10.0. The first-order valence-electron chi connectivity index (χ1n) is 9.26. The number of nitrogens with one attached hydrogen (secondary N) is 3. The standard InChI is InChI=1S/C22H25N3O3/c1-23-19(12-15-8-4-3-5-9-15)21(26)25-20(22(27)28-2)13-16-14-24-18-11-7-6-10-17(16)18/h3-11,14,19-20,23-24H,12-13H2,1-2H3,(H,25,26)/t19-,20+/m1/s1. The highest BCUT2D eigenvalue weighted by molar-refractivity contribution is 5.89. The molecule has 28 heavy (non-hydrogen) atoms. The topological polar surface area (TPSA) is 83.2 Å². The van der Waals surface area contributed by atoms with Crippen molar-refractivity contribution in [3.8, 4) is 0 Å². The van der Waals surface area contributed by atoms with E-state index in [-0.39, 0.29) is 5.91 Å². The van der Waals surface area contributed by atoms with E-state index in [9.17, 15) is 9.59 Å². The molecule has 2 atom stereocenters. The number of likely N-dealkylation sites (N-methyl/N-ethyl adjacent to an activating group) is 1. The number of esters is 1. The molecular formula is C22H25N3O3. The summed E-state index contributed by atoms with van der Waals surface area (Å²) in [5.41, 5.74) is 2.99. The highest BCUT2D eigenvalue weighted by Crippen LogP contribution is 2.19. The normalized spacial score (nSPS) is 13.1. The van der Waals surface area contributed by atoms with Crippen molar-refractivity contribution in [2.24, 2.45) is 0 Å². The van der Waals surface area contributed by atoms with E-state index >= 15 is 0 Å². The maximum atomic E-state index is 12.8. The zero-order valence-electron chi connectivity index (χ0n) is 16.1. The number of ether oxygens (including phenoxy) is 1. The van der Waals surface area contributed by atoms with Crippen molar-refractivity contribution in [3.63, 3.8) is 0 Å². The van der Waals surface area contributed by atoms with E-state index in [1.54, 1.807) is 7.05 Å². The number of aromatic amines is 1. The molecule has 0 radical (unpaired) electrons. The Balaban J connectivity index is 1.74. The maximum absolute atomic E-state index is 12.8. The van der Waals surface area contributed by atoms with E-state index in [1.165, 1.54) is 7.11 Å². The first-order chi connectivity index (χ1) is 13.6. The van der Waals surface area contributed by atoms with Gasteiger partial charge < -0.3 is 20.4 Å². The summed E-state index contributed by atoms with van der Waals surface area (Å²) >= 11 is 0. The van der Waals surface area contributed by atoms with Gasteiger partial charge in [-0.2, -0.15) is 0 Å². The van der Waals surface area contributed by atoms with Crippen LogP contribution in [0.4, 0.5) is 0 Å². The Morgan fingerprint density at radius 1 is 1.00 bits per heavy atom. The van der Waals surface area contributed by atoms with Crippen molar-refractivity contribution in [2.45, 2.75) is 24.9 Å². The summed E-state index contributed by atoms with van der Waals surface area (Å²) < 4.78 is 4.92.